The molecule has 0 aromatic carbocycles. The Bertz CT molecular complexity index is 287. The van der Waals surface area contributed by atoms with E-state index in [1.165, 1.54) is 0 Å². The lowest BCUT2D eigenvalue weighted by Gasteiger charge is -2.03. The molecule has 11 heavy (non-hydrogen) atoms. The Morgan fingerprint density at radius 2 is 2.18 bits per heavy atom. The standard InChI is InChI=1S/C7H12N2O2/c1-3-4(2)5-6(10)9-7(11)8-5/h4,10H,3H2,1-2H3,(H2,8,9,11)/t4-/m1/s1. The molecule has 0 bridgehead atoms. The van der Waals surface area contributed by atoms with Gasteiger partial charge in [-0.15, -0.1) is 0 Å². The summed E-state index contributed by atoms with van der Waals surface area (Å²) in [6.45, 7) is 3.94. The van der Waals surface area contributed by atoms with E-state index < -0.39 is 0 Å². The summed E-state index contributed by atoms with van der Waals surface area (Å²) in [5.41, 5.74) is 0.246. The van der Waals surface area contributed by atoms with Crippen LogP contribution in [0.1, 0.15) is 31.9 Å². The SMILES string of the molecule is CC[C@@H](C)c1[nH]c(=O)[nH]c1O. The molecule has 0 aliphatic rings. The highest BCUT2D eigenvalue weighted by molar-refractivity contribution is 5.19. The molecule has 0 aliphatic carbocycles. The molecule has 0 saturated carbocycles. The van der Waals surface area contributed by atoms with Crippen LogP contribution in [-0.2, 0) is 0 Å². The molecule has 0 spiro atoms. The van der Waals surface area contributed by atoms with Crippen molar-refractivity contribution >= 4 is 0 Å². The van der Waals surface area contributed by atoms with Gasteiger partial charge in [-0.25, -0.2) is 4.79 Å². The maximum atomic E-state index is 10.7. The second-order valence-corrected chi connectivity index (χ2v) is 2.65. The van der Waals surface area contributed by atoms with Crippen LogP contribution in [0.15, 0.2) is 4.79 Å². The highest BCUT2D eigenvalue weighted by Crippen LogP contribution is 2.21. The first-order chi connectivity index (χ1) is 5.15. The molecule has 0 radical (unpaired) electrons. The third-order valence-electron chi connectivity index (χ3n) is 1.84. The molecule has 0 fully saturated rings. The van der Waals surface area contributed by atoms with Crippen LogP contribution >= 0.6 is 0 Å². The zero-order chi connectivity index (χ0) is 8.43. The second kappa shape index (κ2) is 2.82. The molecule has 4 heteroatoms. The topological polar surface area (TPSA) is 68.9 Å². The predicted octanol–water partition coefficient (Wildman–Crippen LogP) is 0.922. The summed E-state index contributed by atoms with van der Waals surface area (Å²) in [6, 6.07) is 0. The van der Waals surface area contributed by atoms with Crippen molar-refractivity contribution in [1.82, 2.24) is 9.97 Å². The van der Waals surface area contributed by atoms with Crippen LogP contribution in [0.5, 0.6) is 5.88 Å². The summed E-state index contributed by atoms with van der Waals surface area (Å²) < 4.78 is 0. The van der Waals surface area contributed by atoms with Gasteiger partial charge in [0.05, 0.1) is 5.69 Å². The van der Waals surface area contributed by atoms with Crippen molar-refractivity contribution in [3.8, 4) is 5.88 Å². The smallest absolute Gasteiger partial charge is 0.325 e. The van der Waals surface area contributed by atoms with E-state index in [4.69, 9.17) is 5.11 Å². The first-order valence-corrected chi connectivity index (χ1v) is 3.66. The van der Waals surface area contributed by atoms with E-state index in [0.717, 1.165) is 6.42 Å². The first kappa shape index (κ1) is 7.91. The quantitative estimate of drug-likeness (QED) is 0.596. The third-order valence-corrected chi connectivity index (χ3v) is 1.84. The van der Waals surface area contributed by atoms with Crippen molar-refractivity contribution in [3.63, 3.8) is 0 Å². The molecular formula is C7H12N2O2. The van der Waals surface area contributed by atoms with Gasteiger partial charge in [0.25, 0.3) is 0 Å². The number of imidazole rings is 1. The van der Waals surface area contributed by atoms with Gasteiger partial charge in [-0.3, -0.25) is 4.98 Å². The van der Waals surface area contributed by atoms with E-state index in [-0.39, 0.29) is 17.5 Å². The maximum Gasteiger partial charge on any atom is 0.325 e. The third kappa shape index (κ3) is 1.45. The number of rotatable bonds is 2. The zero-order valence-corrected chi connectivity index (χ0v) is 6.64. The number of aromatic amines is 2. The van der Waals surface area contributed by atoms with Gasteiger partial charge < -0.3 is 10.1 Å². The Morgan fingerprint density at radius 3 is 2.55 bits per heavy atom. The Morgan fingerprint density at radius 1 is 1.55 bits per heavy atom. The predicted molar refractivity (Wildman–Crippen MR) is 41.8 cm³/mol. The number of hydrogen-bond donors (Lipinski definition) is 3. The van der Waals surface area contributed by atoms with E-state index in [9.17, 15) is 4.79 Å². The lowest BCUT2D eigenvalue weighted by atomic mass is 10.1. The normalized spacial score (nSPS) is 13.3. The Hall–Kier alpha value is -1.19. The van der Waals surface area contributed by atoms with Crippen LogP contribution in [0.25, 0.3) is 0 Å². The fourth-order valence-electron chi connectivity index (χ4n) is 0.948. The molecule has 0 saturated heterocycles. The molecule has 1 rings (SSSR count). The zero-order valence-electron chi connectivity index (χ0n) is 6.64. The van der Waals surface area contributed by atoms with Gasteiger partial charge in [-0.1, -0.05) is 13.8 Å². The number of aromatic nitrogens is 2. The molecule has 0 unspecified atom stereocenters. The Balaban J connectivity index is 3.02. The van der Waals surface area contributed by atoms with Gasteiger partial charge in [0.15, 0.2) is 0 Å². The van der Waals surface area contributed by atoms with Gasteiger partial charge in [-0.05, 0) is 6.42 Å². The molecule has 62 valence electrons. The van der Waals surface area contributed by atoms with Crippen molar-refractivity contribution in [2.75, 3.05) is 0 Å². The second-order valence-electron chi connectivity index (χ2n) is 2.65. The molecule has 1 aromatic heterocycles. The molecule has 1 aromatic rings. The van der Waals surface area contributed by atoms with Crippen molar-refractivity contribution in [1.29, 1.82) is 0 Å². The fraction of sp³-hybridized carbons (Fsp3) is 0.571. The lowest BCUT2D eigenvalue weighted by Crippen LogP contribution is -2.02. The highest BCUT2D eigenvalue weighted by Gasteiger charge is 2.10. The summed E-state index contributed by atoms with van der Waals surface area (Å²) in [6.07, 6.45) is 0.890. The van der Waals surface area contributed by atoms with Crippen LogP contribution in [-0.4, -0.2) is 15.1 Å². The van der Waals surface area contributed by atoms with E-state index >= 15 is 0 Å². The minimum absolute atomic E-state index is 0.0376. The largest absolute Gasteiger partial charge is 0.493 e. The first-order valence-electron chi connectivity index (χ1n) is 3.66. The number of H-pyrrole nitrogens is 2. The summed E-state index contributed by atoms with van der Waals surface area (Å²) in [7, 11) is 0. The van der Waals surface area contributed by atoms with Gasteiger partial charge >= 0.3 is 5.69 Å². The Labute approximate surface area is 64.3 Å². The van der Waals surface area contributed by atoms with Crippen LogP contribution in [0, 0.1) is 0 Å². The van der Waals surface area contributed by atoms with Crippen molar-refractivity contribution in [2.24, 2.45) is 0 Å². The maximum absolute atomic E-state index is 10.7. The van der Waals surface area contributed by atoms with Gasteiger partial charge in [0.1, 0.15) is 0 Å². The van der Waals surface area contributed by atoms with Crippen LogP contribution < -0.4 is 5.69 Å². The van der Waals surface area contributed by atoms with Crippen LogP contribution in [0.4, 0.5) is 0 Å². The summed E-state index contributed by atoms with van der Waals surface area (Å²) in [5, 5.41) is 9.15. The summed E-state index contributed by atoms with van der Waals surface area (Å²) in [4.78, 5) is 15.5. The minimum Gasteiger partial charge on any atom is -0.493 e. The molecular weight excluding hydrogens is 144 g/mol. The average molecular weight is 156 g/mol. The molecule has 1 atom stereocenters. The number of hydrogen-bond acceptors (Lipinski definition) is 2. The molecule has 0 aliphatic heterocycles. The highest BCUT2D eigenvalue weighted by atomic mass is 16.3. The van der Waals surface area contributed by atoms with E-state index in [0.29, 0.717) is 5.69 Å². The van der Waals surface area contributed by atoms with Crippen molar-refractivity contribution in [3.05, 3.63) is 16.2 Å². The number of nitrogens with one attached hydrogen (secondary N) is 2. The monoisotopic (exact) mass is 156 g/mol. The molecule has 0 amide bonds. The molecule has 1 heterocycles. The molecule has 3 N–H and O–H groups in total. The average Bonchev–Trinajstić information content (AvgIpc) is 2.28. The van der Waals surface area contributed by atoms with E-state index in [2.05, 4.69) is 9.97 Å². The minimum atomic E-state index is -0.349. The van der Waals surface area contributed by atoms with Crippen molar-refractivity contribution < 1.29 is 5.11 Å². The molecule has 4 nitrogen and oxygen atoms in total. The van der Waals surface area contributed by atoms with Gasteiger partial charge in [-0.2, -0.15) is 0 Å². The lowest BCUT2D eigenvalue weighted by molar-refractivity contribution is 0.442. The van der Waals surface area contributed by atoms with E-state index in [1.54, 1.807) is 0 Å². The van der Waals surface area contributed by atoms with E-state index in [1.807, 2.05) is 13.8 Å². The van der Waals surface area contributed by atoms with Gasteiger partial charge in [0, 0.05) is 5.92 Å². The van der Waals surface area contributed by atoms with Crippen molar-refractivity contribution in [2.45, 2.75) is 26.2 Å². The van der Waals surface area contributed by atoms with Crippen LogP contribution in [0.2, 0.25) is 0 Å². The fourth-order valence-corrected chi connectivity index (χ4v) is 0.948. The summed E-state index contributed by atoms with van der Waals surface area (Å²) >= 11 is 0. The number of aromatic hydroxyl groups is 1. The summed E-state index contributed by atoms with van der Waals surface area (Å²) in [5.74, 6) is 0.151. The Kier molecular flexibility index (Phi) is 2.03. The van der Waals surface area contributed by atoms with Crippen LogP contribution in [0.3, 0.4) is 0 Å². The van der Waals surface area contributed by atoms with Gasteiger partial charge in [0.2, 0.25) is 5.88 Å².